The summed E-state index contributed by atoms with van der Waals surface area (Å²) in [6.45, 7) is 5.21. The van der Waals surface area contributed by atoms with E-state index in [4.69, 9.17) is 9.47 Å². The van der Waals surface area contributed by atoms with Crippen LogP contribution in [0.15, 0.2) is 46.9 Å². The Hall–Kier alpha value is -2.54. The van der Waals surface area contributed by atoms with Gasteiger partial charge >= 0.3 is 12.1 Å². The third-order valence-corrected chi connectivity index (χ3v) is 3.82. The number of anilines is 1. The maximum Gasteiger partial charge on any atom is 0.411 e. The van der Waals surface area contributed by atoms with Gasteiger partial charge < -0.3 is 14.6 Å². The van der Waals surface area contributed by atoms with E-state index in [1.165, 1.54) is 12.1 Å². The SMILES string of the molecule is CC(C)(C)OC(=O)c1c(NC(=O)OCc2ccccc2)ccc(Br)c1O. The fraction of sp³-hybridized carbons (Fsp3) is 0.263. The summed E-state index contributed by atoms with van der Waals surface area (Å²) in [5.74, 6) is -1.07. The first kappa shape index (κ1) is 19.8. The van der Waals surface area contributed by atoms with E-state index < -0.39 is 17.7 Å². The van der Waals surface area contributed by atoms with Gasteiger partial charge in [0.05, 0.1) is 10.2 Å². The van der Waals surface area contributed by atoms with Gasteiger partial charge in [0.25, 0.3) is 0 Å². The number of aromatic hydroxyl groups is 1. The first-order chi connectivity index (χ1) is 12.2. The van der Waals surface area contributed by atoms with Gasteiger partial charge in [-0.1, -0.05) is 30.3 Å². The maximum absolute atomic E-state index is 12.4. The molecule has 1 amide bonds. The summed E-state index contributed by atoms with van der Waals surface area (Å²) in [7, 11) is 0. The van der Waals surface area contributed by atoms with Gasteiger partial charge in [-0.15, -0.1) is 0 Å². The molecule has 0 radical (unpaired) electrons. The molecule has 0 unspecified atom stereocenters. The molecule has 2 N–H and O–H groups in total. The van der Waals surface area contributed by atoms with Crippen LogP contribution in [0.2, 0.25) is 0 Å². The number of phenols is 1. The van der Waals surface area contributed by atoms with E-state index >= 15 is 0 Å². The highest BCUT2D eigenvalue weighted by Gasteiger charge is 2.26. The topological polar surface area (TPSA) is 84.9 Å². The number of rotatable bonds is 4. The molecule has 0 aliphatic heterocycles. The molecule has 0 spiro atoms. The normalized spacial score (nSPS) is 10.9. The molecule has 0 bridgehead atoms. The van der Waals surface area contributed by atoms with Crippen molar-refractivity contribution in [1.29, 1.82) is 0 Å². The van der Waals surface area contributed by atoms with E-state index in [-0.39, 0.29) is 23.6 Å². The number of esters is 1. The van der Waals surface area contributed by atoms with Crippen LogP contribution in [-0.4, -0.2) is 22.8 Å². The molecule has 7 heteroatoms. The quantitative estimate of drug-likeness (QED) is 0.688. The molecule has 138 valence electrons. The van der Waals surface area contributed by atoms with Gasteiger partial charge in [0, 0.05) is 0 Å². The third-order valence-electron chi connectivity index (χ3n) is 3.18. The molecule has 6 nitrogen and oxygen atoms in total. The van der Waals surface area contributed by atoms with Crippen LogP contribution in [-0.2, 0) is 16.1 Å². The lowest BCUT2D eigenvalue weighted by Gasteiger charge is -2.21. The van der Waals surface area contributed by atoms with E-state index in [0.29, 0.717) is 4.47 Å². The van der Waals surface area contributed by atoms with Gasteiger partial charge in [0.1, 0.15) is 23.5 Å². The van der Waals surface area contributed by atoms with Gasteiger partial charge in [0.15, 0.2) is 0 Å². The number of halogens is 1. The highest BCUT2D eigenvalue weighted by Crippen LogP contribution is 2.34. The monoisotopic (exact) mass is 421 g/mol. The Bertz CT molecular complexity index is 800. The minimum atomic E-state index is -0.755. The van der Waals surface area contributed by atoms with Crippen molar-refractivity contribution in [2.75, 3.05) is 5.32 Å². The third kappa shape index (κ3) is 5.49. The van der Waals surface area contributed by atoms with Crippen LogP contribution in [0.4, 0.5) is 10.5 Å². The van der Waals surface area contributed by atoms with E-state index in [0.717, 1.165) is 5.56 Å². The lowest BCUT2D eigenvalue weighted by atomic mass is 10.1. The molecule has 26 heavy (non-hydrogen) atoms. The average molecular weight is 422 g/mol. The Morgan fingerprint density at radius 2 is 1.77 bits per heavy atom. The predicted octanol–water partition coefficient (Wildman–Crippen LogP) is 4.86. The predicted molar refractivity (Wildman–Crippen MR) is 101 cm³/mol. The second kappa shape index (κ2) is 8.23. The standard InChI is InChI=1S/C19H20BrNO5/c1-19(2,3)26-17(23)15-14(10-9-13(20)16(15)22)21-18(24)25-11-12-7-5-4-6-8-12/h4-10,22H,11H2,1-3H3,(H,21,24). The van der Waals surface area contributed by atoms with Crippen molar-refractivity contribution in [2.45, 2.75) is 33.0 Å². The van der Waals surface area contributed by atoms with Gasteiger partial charge in [-0.25, -0.2) is 9.59 Å². The minimum Gasteiger partial charge on any atom is -0.506 e. The van der Waals surface area contributed by atoms with Crippen molar-refractivity contribution in [2.24, 2.45) is 0 Å². The summed E-state index contributed by atoms with van der Waals surface area (Å²) in [5.41, 5.74) is 0.0225. The van der Waals surface area contributed by atoms with Gasteiger partial charge in [0.2, 0.25) is 0 Å². The summed E-state index contributed by atoms with van der Waals surface area (Å²) >= 11 is 3.15. The number of amides is 1. The fourth-order valence-corrected chi connectivity index (χ4v) is 2.41. The summed E-state index contributed by atoms with van der Waals surface area (Å²) in [4.78, 5) is 24.5. The summed E-state index contributed by atoms with van der Waals surface area (Å²) in [6.07, 6.45) is -0.750. The van der Waals surface area contributed by atoms with E-state index in [9.17, 15) is 14.7 Å². The van der Waals surface area contributed by atoms with E-state index in [2.05, 4.69) is 21.2 Å². The van der Waals surface area contributed by atoms with E-state index in [1.54, 1.807) is 20.8 Å². The molecular weight excluding hydrogens is 402 g/mol. The van der Waals surface area contributed by atoms with Crippen molar-refractivity contribution in [3.05, 3.63) is 58.1 Å². The lowest BCUT2D eigenvalue weighted by Crippen LogP contribution is -2.25. The molecule has 2 aromatic rings. The molecule has 0 saturated heterocycles. The Balaban J connectivity index is 2.16. The minimum absolute atomic E-state index is 0.0803. The van der Waals surface area contributed by atoms with Crippen LogP contribution >= 0.6 is 15.9 Å². The van der Waals surface area contributed by atoms with E-state index in [1.807, 2.05) is 30.3 Å². The molecule has 2 aromatic carbocycles. The Morgan fingerprint density at radius 1 is 1.12 bits per heavy atom. The van der Waals surface area contributed by atoms with Crippen LogP contribution in [0.1, 0.15) is 36.7 Å². The molecule has 0 fully saturated rings. The van der Waals surface area contributed by atoms with Gasteiger partial charge in [-0.2, -0.15) is 0 Å². The molecule has 0 aromatic heterocycles. The summed E-state index contributed by atoms with van der Waals surface area (Å²) in [6, 6.07) is 12.2. The molecule has 2 rings (SSSR count). The zero-order valence-electron chi connectivity index (χ0n) is 14.7. The van der Waals surface area contributed by atoms with Crippen LogP contribution in [0.25, 0.3) is 0 Å². The van der Waals surface area contributed by atoms with Crippen molar-refractivity contribution in [3.8, 4) is 5.75 Å². The van der Waals surface area contributed by atoms with Crippen LogP contribution in [0, 0.1) is 0 Å². The maximum atomic E-state index is 12.4. The van der Waals surface area contributed by atoms with Crippen molar-refractivity contribution >= 4 is 33.7 Å². The second-order valence-corrected chi connectivity index (χ2v) is 7.36. The van der Waals surface area contributed by atoms with Gasteiger partial charge in [-0.3, -0.25) is 5.32 Å². The second-order valence-electron chi connectivity index (χ2n) is 6.51. The first-order valence-corrected chi connectivity index (χ1v) is 8.69. The largest absolute Gasteiger partial charge is 0.506 e. The molecule has 0 aliphatic rings. The highest BCUT2D eigenvalue weighted by atomic mass is 79.9. The highest BCUT2D eigenvalue weighted by molar-refractivity contribution is 9.10. The average Bonchev–Trinajstić information content (AvgIpc) is 2.56. The lowest BCUT2D eigenvalue weighted by molar-refractivity contribution is 0.00680. The van der Waals surface area contributed by atoms with Gasteiger partial charge in [-0.05, 0) is 54.4 Å². The first-order valence-electron chi connectivity index (χ1n) is 7.90. The zero-order valence-corrected chi connectivity index (χ0v) is 16.3. The molecule has 0 heterocycles. The van der Waals surface area contributed by atoms with Crippen molar-refractivity contribution < 1.29 is 24.2 Å². The number of carbonyl (C=O) groups is 2. The zero-order chi connectivity index (χ0) is 19.3. The molecular formula is C19H20BrNO5. The number of nitrogens with one attached hydrogen (secondary N) is 1. The van der Waals surface area contributed by atoms with Crippen LogP contribution in [0.3, 0.4) is 0 Å². The Labute approximate surface area is 160 Å². The van der Waals surface area contributed by atoms with Crippen molar-refractivity contribution in [1.82, 2.24) is 0 Å². The summed E-state index contributed by atoms with van der Waals surface area (Å²) in [5, 5.41) is 12.7. The van der Waals surface area contributed by atoms with Crippen molar-refractivity contribution in [3.63, 3.8) is 0 Å². The smallest absolute Gasteiger partial charge is 0.411 e. The number of hydrogen-bond acceptors (Lipinski definition) is 5. The van der Waals surface area contributed by atoms with Crippen LogP contribution in [0.5, 0.6) is 5.75 Å². The van der Waals surface area contributed by atoms with Crippen LogP contribution < -0.4 is 5.32 Å². The fourth-order valence-electron chi connectivity index (χ4n) is 2.07. The number of benzene rings is 2. The summed E-state index contributed by atoms with van der Waals surface area (Å²) < 4.78 is 10.7. The Kier molecular flexibility index (Phi) is 6.26. The number of ether oxygens (including phenoxy) is 2. The molecule has 0 saturated carbocycles. The number of hydrogen-bond donors (Lipinski definition) is 2. The molecule has 0 atom stereocenters. The molecule has 0 aliphatic carbocycles. The Morgan fingerprint density at radius 3 is 2.38 bits per heavy atom. The number of carbonyl (C=O) groups excluding carboxylic acids is 2. The number of phenolic OH excluding ortho intramolecular Hbond substituents is 1.